The van der Waals surface area contributed by atoms with E-state index in [2.05, 4.69) is 31.9 Å². The minimum atomic E-state index is -1.65. The van der Waals surface area contributed by atoms with Crippen molar-refractivity contribution < 1.29 is 19.8 Å². The van der Waals surface area contributed by atoms with Gasteiger partial charge in [0.05, 0.1) is 0 Å². The van der Waals surface area contributed by atoms with Crippen LogP contribution in [0.25, 0.3) is 0 Å². The van der Waals surface area contributed by atoms with Gasteiger partial charge in [0.2, 0.25) is 0 Å². The molecule has 15 heavy (non-hydrogen) atoms. The smallest absolute Gasteiger partial charge is 0.321 e. The zero-order chi connectivity index (χ0) is 11.8. The summed E-state index contributed by atoms with van der Waals surface area (Å²) < 4.78 is 0. The predicted octanol–water partition coefficient (Wildman–Crippen LogP) is 2.10. The lowest BCUT2D eigenvalue weighted by Crippen LogP contribution is -2.51. The highest BCUT2D eigenvalue weighted by Gasteiger charge is 2.55. The molecule has 3 unspecified atom stereocenters. The van der Waals surface area contributed by atoms with Gasteiger partial charge in [0, 0.05) is 9.65 Å². The molecule has 0 saturated heterocycles. The zero-order valence-electron chi connectivity index (χ0n) is 8.11. The lowest BCUT2D eigenvalue weighted by Gasteiger charge is -2.40. The first-order chi connectivity index (χ1) is 6.82. The van der Waals surface area contributed by atoms with Gasteiger partial charge >= 0.3 is 11.9 Å². The van der Waals surface area contributed by atoms with Crippen LogP contribution in [-0.4, -0.2) is 31.8 Å². The van der Waals surface area contributed by atoms with E-state index in [-0.39, 0.29) is 22.0 Å². The minimum Gasteiger partial charge on any atom is -0.480 e. The Bertz CT molecular complexity index is 278. The van der Waals surface area contributed by atoms with Gasteiger partial charge in [-0.05, 0) is 18.8 Å². The maximum absolute atomic E-state index is 11.2. The number of aliphatic carboxylic acids is 2. The summed E-state index contributed by atoms with van der Waals surface area (Å²) >= 11 is 6.73. The predicted molar refractivity (Wildman–Crippen MR) is 61.5 cm³/mol. The van der Waals surface area contributed by atoms with Crippen LogP contribution in [0.15, 0.2) is 0 Å². The first-order valence-electron chi connectivity index (χ1n) is 4.57. The number of alkyl halides is 2. The van der Waals surface area contributed by atoms with E-state index in [9.17, 15) is 9.59 Å². The topological polar surface area (TPSA) is 74.6 Å². The van der Waals surface area contributed by atoms with Crippen molar-refractivity contribution >= 4 is 43.8 Å². The molecule has 0 aromatic carbocycles. The van der Waals surface area contributed by atoms with Crippen molar-refractivity contribution in [2.75, 3.05) is 0 Å². The molecule has 4 nitrogen and oxygen atoms in total. The minimum absolute atomic E-state index is 0.106. The monoisotopic (exact) mass is 342 g/mol. The Morgan fingerprint density at radius 3 is 2.07 bits per heavy atom. The lowest BCUT2D eigenvalue weighted by molar-refractivity contribution is -0.171. The SMILES string of the molecule is CC1CC(Br)C(Br)CC1(C(=O)O)C(=O)O. The Morgan fingerprint density at radius 1 is 1.20 bits per heavy atom. The van der Waals surface area contributed by atoms with Crippen molar-refractivity contribution in [3.05, 3.63) is 0 Å². The molecule has 3 atom stereocenters. The highest BCUT2D eigenvalue weighted by Crippen LogP contribution is 2.46. The van der Waals surface area contributed by atoms with E-state index in [0.717, 1.165) is 0 Å². The molecule has 0 aromatic rings. The molecule has 1 saturated carbocycles. The van der Waals surface area contributed by atoms with E-state index in [0.29, 0.717) is 6.42 Å². The van der Waals surface area contributed by atoms with Crippen LogP contribution in [0.5, 0.6) is 0 Å². The number of carboxylic acids is 2. The molecule has 1 aliphatic carbocycles. The molecule has 0 aliphatic heterocycles. The lowest BCUT2D eigenvalue weighted by atomic mass is 9.67. The summed E-state index contributed by atoms with van der Waals surface area (Å²) in [4.78, 5) is 22.3. The highest BCUT2D eigenvalue weighted by molar-refractivity contribution is 9.12. The zero-order valence-corrected chi connectivity index (χ0v) is 11.3. The Kier molecular flexibility index (Phi) is 3.81. The van der Waals surface area contributed by atoms with Gasteiger partial charge in [-0.3, -0.25) is 9.59 Å². The molecule has 0 radical (unpaired) electrons. The summed E-state index contributed by atoms with van der Waals surface area (Å²) in [7, 11) is 0. The number of carboxylic acid groups (broad SMARTS) is 2. The molecular formula is C9H12Br2O4. The van der Waals surface area contributed by atoms with Gasteiger partial charge < -0.3 is 10.2 Å². The fourth-order valence-corrected chi connectivity index (χ4v) is 3.49. The number of hydrogen-bond donors (Lipinski definition) is 2. The van der Waals surface area contributed by atoms with Crippen molar-refractivity contribution in [3.8, 4) is 0 Å². The number of carbonyl (C=O) groups is 2. The van der Waals surface area contributed by atoms with Gasteiger partial charge in [-0.2, -0.15) is 0 Å². The van der Waals surface area contributed by atoms with Crippen LogP contribution >= 0.6 is 31.9 Å². The molecule has 0 bridgehead atoms. The largest absolute Gasteiger partial charge is 0.480 e. The van der Waals surface area contributed by atoms with Crippen molar-refractivity contribution in [2.45, 2.75) is 29.4 Å². The summed E-state index contributed by atoms with van der Waals surface area (Å²) in [6.07, 6.45) is 0.642. The van der Waals surface area contributed by atoms with Crippen LogP contribution < -0.4 is 0 Å². The summed E-state index contributed by atoms with van der Waals surface area (Å²) in [5.41, 5.74) is -1.65. The first kappa shape index (κ1) is 13.0. The van der Waals surface area contributed by atoms with Crippen molar-refractivity contribution in [1.82, 2.24) is 0 Å². The number of rotatable bonds is 2. The van der Waals surface area contributed by atoms with Crippen molar-refractivity contribution in [2.24, 2.45) is 11.3 Å². The van der Waals surface area contributed by atoms with Gasteiger partial charge in [-0.25, -0.2) is 0 Å². The summed E-state index contributed by atoms with van der Waals surface area (Å²) in [5, 5.41) is 18.2. The standard InChI is InChI=1S/C9H12Br2O4/c1-4-2-5(10)6(11)3-9(4,7(12)13)8(14)15/h4-6H,2-3H2,1H3,(H,12,13)(H,14,15). The maximum Gasteiger partial charge on any atom is 0.321 e. The van der Waals surface area contributed by atoms with E-state index in [4.69, 9.17) is 10.2 Å². The Balaban J connectivity index is 3.08. The van der Waals surface area contributed by atoms with E-state index in [1.54, 1.807) is 6.92 Å². The molecule has 0 aromatic heterocycles. The van der Waals surface area contributed by atoms with Crippen LogP contribution in [0.3, 0.4) is 0 Å². The van der Waals surface area contributed by atoms with E-state index in [1.807, 2.05) is 0 Å². The van der Waals surface area contributed by atoms with E-state index >= 15 is 0 Å². The van der Waals surface area contributed by atoms with Gasteiger partial charge in [0.1, 0.15) is 0 Å². The fraction of sp³-hybridized carbons (Fsp3) is 0.778. The van der Waals surface area contributed by atoms with Crippen LogP contribution in [-0.2, 0) is 9.59 Å². The summed E-state index contributed by atoms with van der Waals surface area (Å²) in [6, 6.07) is 0. The second-order valence-electron chi connectivity index (χ2n) is 3.95. The second-order valence-corrected chi connectivity index (χ2v) is 6.31. The van der Waals surface area contributed by atoms with Crippen LogP contribution in [0, 0.1) is 11.3 Å². The average molecular weight is 344 g/mol. The van der Waals surface area contributed by atoms with E-state index < -0.39 is 17.4 Å². The third-order valence-corrected chi connectivity index (χ3v) is 5.78. The molecular weight excluding hydrogens is 332 g/mol. The Morgan fingerprint density at radius 2 is 1.67 bits per heavy atom. The highest BCUT2D eigenvalue weighted by atomic mass is 79.9. The average Bonchev–Trinajstić information content (AvgIpc) is 2.10. The second kappa shape index (κ2) is 4.41. The van der Waals surface area contributed by atoms with Gasteiger partial charge in [-0.1, -0.05) is 38.8 Å². The third-order valence-electron chi connectivity index (χ3n) is 3.09. The molecule has 1 aliphatic rings. The number of hydrogen-bond acceptors (Lipinski definition) is 2. The molecule has 1 rings (SSSR count). The molecule has 0 heterocycles. The first-order valence-corrected chi connectivity index (χ1v) is 6.40. The van der Waals surface area contributed by atoms with E-state index in [1.165, 1.54) is 0 Å². The fourth-order valence-electron chi connectivity index (χ4n) is 2.01. The molecule has 0 spiro atoms. The maximum atomic E-state index is 11.2. The Labute approximate surface area is 104 Å². The van der Waals surface area contributed by atoms with Crippen LogP contribution in [0.2, 0.25) is 0 Å². The summed E-state index contributed by atoms with van der Waals surface area (Å²) in [6.45, 7) is 1.68. The van der Waals surface area contributed by atoms with Crippen LogP contribution in [0.1, 0.15) is 19.8 Å². The molecule has 0 amide bonds. The van der Waals surface area contributed by atoms with Gasteiger partial charge in [0.25, 0.3) is 0 Å². The normalized spacial score (nSPS) is 34.7. The van der Waals surface area contributed by atoms with Crippen molar-refractivity contribution in [3.63, 3.8) is 0 Å². The molecule has 1 fully saturated rings. The molecule has 6 heteroatoms. The molecule has 2 N–H and O–H groups in total. The van der Waals surface area contributed by atoms with Crippen molar-refractivity contribution in [1.29, 1.82) is 0 Å². The van der Waals surface area contributed by atoms with Crippen LogP contribution in [0.4, 0.5) is 0 Å². The molecule has 86 valence electrons. The summed E-state index contributed by atoms with van der Waals surface area (Å²) in [5.74, 6) is -2.87. The number of halogens is 2. The third kappa shape index (κ3) is 2.06. The quantitative estimate of drug-likeness (QED) is 0.594. The Hall–Kier alpha value is -0.100. The van der Waals surface area contributed by atoms with Gasteiger partial charge in [0.15, 0.2) is 5.41 Å². The van der Waals surface area contributed by atoms with Gasteiger partial charge in [-0.15, -0.1) is 0 Å².